The Morgan fingerprint density at radius 3 is 2.63 bits per heavy atom. The SMILES string of the molecule is O=C1NC(=O)C(=Cc2cc3cncc(C#Cc4c(Cl)cccc4Cl)c3o2)S1. The molecule has 132 valence electrons. The molecular weight excluding hydrogens is 407 g/mol. The molecule has 1 N–H and O–H groups in total. The van der Waals surface area contributed by atoms with Crippen molar-refractivity contribution in [1.82, 2.24) is 10.3 Å². The van der Waals surface area contributed by atoms with E-state index < -0.39 is 11.1 Å². The molecule has 2 amide bonds. The number of pyridine rings is 1. The summed E-state index contributed by atoms with van der Waals surface area (Å²) in [6.45, 7) is 0. The smallest absolute Gasteiger partial charge is 0.290 e. The molecule has 0 radical (unpaired) electrons. The fourth-order valence-corrected chi connectivity index (χ4v) is 3.59. The molecular formula is C19H8Cl2N2O3S. The number of rotatable bonds is 1. The molecule has 4 rings (SSSR count). The zero-order valence-corrected chi connectivity index (χ0v) is 15.7. The van der Waals surface area contributed by atoms with Crippen molar-refractivity contribution in [3.63, 3.8) is 0 Å². The van der Waals surface area contributed by atoms with Crippen LogP contribution >= 0.6 is 35.0 Å². The summed E-state index contributed by atoms with van der Waals surface area (Å²) in [5, 5.41) is 3.41. The number of benzene rings is 1. The summed E-state index contributed by atoms with van der Waals surface area (Å²) in [6.07, 6.45) is 4.70. The van der Waals surface area contributed by atoms with Crippen molar-refractivity contribution >= 4 is 63.2 Å². The predicted molar refractivity (Wildman–Crippen MR) is 106 cm³/mol. The van der Waals surface area contributed by atoms with Gasteiger partial charge in [0, 0.05) is 23.9 Å². The van der Waals surface area contributed by atoms with E-state index in [1.807, 2.05) is 0 Å². The molecule has 27 heavy (non-hydrogen) atoms. The molecule has 0 atom stereocenters. The van der Waals surface area contributed by atoms with Gasteiger partial charge in [0.1, 0.15) is 5.76 Å². The van der Waals surface area contributed by atoms with Crippen LogP contribution in [0.25, 0.3) is 17.0 Å². The lowest BCUT2D eigenvalue weighted by Gasteiger charge is -1.98. The standard InChI is InChI=1S/C19H8Cl2N2O3S/c20-14-2-1-3-15(21)13(14)5-4-10-8-22-9-11-6-12(26-17(10)11)7-16-18(24)23-19(25)27-16/h1-3,6-9H,(H,23,24,25). The number of nitrogens with zero attached hydrogens (tertiary/aromatic N) is 1. The van der Waals surface area contributed by atoms with Gasteiger partial charge in [0.2, 0.25) is 0 Å². The van der Waals surface area contributed by atoms with Crippen LogP contribution in [0.5, 0.6) is 0 Å². The van der Waals surface area contributed by atoms with Crippen LogP contribution in [0.4, 0.5) is 4.79 Å². The summed E-state index contributed by atoms with van der Waals surface area (Å²) in [4.78, 5) is 27.4. The molecule has 0 bridgehead atoms. The van der Waals surface area contributed by atoms with Gasteiger partial charge < -0.3 is 4.42 Å². The Morgan fingerprint density at radius 2 is 1.93 bits per heavy atom. The number of thioether (sulfide) groups is 1. The quantitative estimate of drug-likeness (QED) is 0.454. The second-order valence-corrected chi connectivity index (χ2v) is 7.28. The number of halogens is 2. The Balaban J connectivity index is 1.75. The number of nitrogens with one attached hydrogen (secondary N) is 1. The molecule has 3 aromatic rings. The van der Waals surface area contributed by atoms with E-state index in [1.54, 1.807) is 36.7 Å². The van der Waals surface area contributed by atoms with Gasteiger partial charge >= 0.3 is 0 Å². The minimum Gasteiger partial charge on any atom is -0.455 e. The van der Waals surface area contributed by atoms with Crippen LogP contribution in [0.15, 0.2) is 46.0 Å². The molecule has 1 fully saturated rings. The van der Waals surface area contributed by atoms with Gasteiger partial charge in [-0.05, 0) is 30.0 Å². The minimum atomic E-state index is -0.447. The molecule has 0 saturated carbocycles. The van der Waals surface area contributed by atoms with E-state index in [0.29, 0.717) is 37.9 Å². The number of fused-ring (bicyclic) bond motifs is 1. The number of aromatic nitrogens is 1. The van der Waals surface area contributed by atoms with Crippen molar-refractivity contribution in [1.29, 1.82) is 0 Å². The van der Waals surface area contributed by atoms with Gasteiger partial charge in [-0.15, -0.1) is 0 Å². The van der Waals surface area contributed by atoms with Crippen molar-refractivity contribution in [2.45, 2.75) is 0 Å². The molecule has 1 aliphatic heterocycles. The van der Waals surface area contributed by atoms with E-state index >= 15 is 0 Å². The van der Waals surface area contributed by atoms with Crippen LogP contribution in [0.1, 0.15) is 16.9 Å². The topological polar surface area (TPSA) is 72.2 Å². The second-order valence-electron chi connectivity index (χ2n) is 5.45. The maximum Gasteiger partial charge on any atom is 0.290 e. The molecule has 3 heterocycles. The summed E-state index contributed by atoms with van der Waals surface area (Å²) in [5.74, 6) is 5.89. The van der Waals surface area contributed by atoms with Crippen molar-refractivity contribution in [3.8, 4) is 11.8 Å². The highest BCUT2D eigenvalue weighted by molar-refractivity contribution is 8.18. The number of amides is 2. The highest BCUT2D eigenvalue weighted by Crippen LogP contribution is 2.29. The average Bonchev–Trinajstić information content (AvgIpc) is 3.17. The third-order valence-corrected chi connectivity index (χ3v) is 5.08. The molecule has 8 heteroatoms. The highest BCUT2D eigenvalue weighted by atomic mass is 35.5. The van der Waals surface area contributed by atoms with E-state index in [-0.39, 0.29) is 4.91 Å². The maximum atomic E-state index is 11.7. The number of carbonyl (C=O) groups excluding carboxylic acids is 2. The Kier molecular flexibility index (Phi) is 4.66. The Morgan fingerprint density at radius 1 is 1.15 bits per heavy atom. The van der Waals surface area contributed by atoms with E-state index in [1.165, 1.54) is 6.08 Å². The van der Waals surface area contributed by atoms with E-state index in [2.05, 4.69) is 22.1 Å². The number of imide groups is 1. The lowest BCUT2D eigenvalue weighted by molar-refractivity contribution is -0.115. The zero-order chi connectivity index (χ0) is 19.0. The number of carbonyl (C=O) groups is 2. The van der Waals surface area contributed by atoms with Gasteiger partial charge in [-0.3, -0.25) is 19.9 Å². The molecule has 0 unspecified atom stereocenters. The van der Waals surface area contributed by atoms with E-state index in [4.69, 9.17) is 27.6 Å². The first kappa shape index (κ1) is 17.7. The molecule has 1 aromatic carbocycles. The summed E-state index contributed by atoms with van der Waals surface area (Å²) in [7, 11) is 0. The maximum absolute atomic E-state index is 11.7. The molecule has 2 aromatic heterocycles. The fraction of sp³-hybridized carbons (Fsp3) is 0. The number of furan rings is 1. The normalized spacial score (nSPS) is 15.1. The first-order valence-corrected chi connectivity index (χ1v) is 9.17. The highest BCUT2D eigenvalue weighted by Gasteiger charge is 2.25. The summed E-state index contributed by atoms with van der Waals surface area (Å²) in [5.41, 5.74) is 1.58. The molecule has 1 aliphatic rings. The third kappa shape index (κ3) is 3.58. The predicted octanol–water partition coefficient (Wildman–Crippen LogP) is 4.86. The minimum absolute atomic E-state index is 0.266. The van der Waals surface area contributed by atoms with Crippen molar-refractivity contribution in [2.24, 2.45) is 0 Å². The van der Waals surface area contributed by atoms with Crippen molar-refractivity contribution in [3.05, 3.63) is 68.5 Å². The molecule has 0 aliphatic carbocycles. The first-order valence-electron chi connectivity index (χ1n) is 7.60. The summed E-state index contributed by atoms with van der Waals surface area (Å²) in [6, 6.07) is 6.88. The second kappa shape index (κ2) is 7.12. The van der Waals surface area contributed by atoms with Gasteiger partial charge in [0.15, 0.2) is 5.58 Å². The lowest BCUT2D eigenvalue weighted by atomic mass is 10.2. The number of hydrogen-bond donors (Lipinski definition) is 1. The van der Waals surface area contributed by atoms with Crippen LogP contribution < -0.4 is 5.32 Å². The van der Waals surface area contributed by atoms with Gasteiger partial charge in [0.25, 0.3) is 11.1 Å². The Labute approximate surface area is 167 Å². The van der Waals surface area contributed by atoms with E-state index in [0.717, 1.165) is 11.8 Å². The van der Waals surface area contributed by atoms with E-state index in [9.17, 15) is 9.59 Å². The van der Waals surface area contributed by atoms with Crippen LogP contribution in [0.3, 0.4) is 0 Å². The first-order chi connectivity index (χ1) is 13.0. The van der Waals surface area contributed by atoms with Crippen LogP contribution in [0.2, 0.25) is 10.0 Å². The molecule has 1 saturated heterocycles. The summed E-state index contributed by atoms with van der Waals surface area (Å²) >= 11 is 13.1. The molecule has 5 nitrogen and oxygen atoms in total. The zero-order valence-electron chi connectivity index (χ0n) is 13.4. The lowest BCUT2D eigenvalue weighted by Crippen LogP contribution is -2.17. The van der Waals surface area contributed by atoms with Gasteiger partial charge in [-0.25, -0.2) is 0 Å². The van der Waals surface area contributed by atoms with Crippen LogP contribution in [0, 0.1) is 11.8 Å². The van der Waals surface area contributed by atoms with Gasteiger partial charge in [-0.2, -0.15) is 0 Å². The Bertz CT molecular complexity index is 1180. The monoisotopic (exact) mass is 414 g/mol. The third-order valence-electron chi connectivity index (χ3n) is 3.64. The van der Waals surface area contributed by atoms with Crippen molar-refractivity contribution in [2.75, 3.05) is 0 Å². The van der Waals surface area contributed by atoms with Gasteiger partial charge in [0.05, 0.1) is 26.1 Å². The van der Waals surface area contributed by atoms with Gasteiger partial charge in [-0.1, -0.05) is 41.1 Å². The fourth-order valence-electron chi connectivity index (χ4n) is 2.44. The molecule has 0 spiro atoms. The van der Waals surface area contributed by atoms with Crippen LogP contribution in [-0.4, -0.2) is 16.1 Å². The average molecular weight is 415 g/mol. The summed E-state index contributed by atoms with van der Waals surface area (Å²) < 4.78 is 5.80. The Hall–Kier alpha value is -2.72. The van der Waals surface area contributed by atoms with Crippen molar-refractivity contribution < 1.29 is 14.0 Å². The largest absolute Gasteiger partial charge is 0.455 e. The number of hydrogen-bond acceptors (Lipinski definition) is 5. The van der Waals surface area contributed by atoms with Crippen LogP contribution in [-0.2, 0) is 4.79 Å².